The number of aromatic nitrogens is 2. The van der Waals surface area contributed by atoms with Gasteiger partial charge in [0.25, 0.3) is 5.91 Å². The van der Waals surface area contributed by atoms with E-state index >= 15 is 0 Å². The summed E-state index contributed by atoms with van der Waals surface area (Å²) in [7, 11) is 0. The Bertz CT molecular complexity index is 914. The molecular formula is C19H19N3O2S. The van der Waals surface area contributed by atoms with Gasteiger partial charge in [0.15, 0.2) is 10.8 Å². The van der Waals surface area contributed by atoms with Crippen LogP contribution < -0.4 is 5.32 Å². The summed E-state index contributed by atoms with van der Waals surface area (Å²) in [5.74, 6) is 1.37. The molecule has 2 heterocycles. The van der Waals surface area contributed by atoms with Crippen LogP contribution in [0.2, 0.25) is 0 Å². The maximum atomic E-state index is 12.6. The molecule has 1 aliphatic carbocycles. The van der Waals surface area contributed by atoms with Gasteiger partial charge in [0, 0.05) is 10.4 Å². The smallest absolute Gasteiger partial charge is 0.279 e. The van der Waals surface area contributed by atoms with Crippen molar-refractivity contribution in [1.82, 2.24) is 9.97 Å². The quantitative estimate of drug-likeness (QED) is 0.753. The molecule has 1 aromatic carbocycles. The summed E-state index contributed by atoms with van der Waals surface area (Å²) < 4.78 is 5.67. The largest absolute Gasteiger partial charge is 0.441 e. The second-order valence-electron chi connectivity index (χ2n) is 6.48. The van der Waals surface area contributed by atoms with E-state index in [9.17, 15) is 4.79 Å². The van der Waals surface area contributed by atoms with Crippen molar-refractivity contribution in [1.29, 1.82) is 0 Å². The zero-order valence-corrected chi connectivity index (χ0v) is 15.0. The molecule has 0 bridgehead atoms. The first-order chi connectivity index (χ1) is 12.1. The van der Waals surface area contributed by atoms with Crippen LogP contribution in [0.4, 0.5) is 5.13 Å². The van der Waals surface area contributed by atoms with Gasteiger partial charge < -0.3 is 4.42 Å². The van der Waals surface area contributed by atoms with Gasteiger partial charge in [-0.3, -0.25) is 10.1 Å². The molecule has 6 heteroatoms. The SMILES string of the molecule is Cc1oc(-c2ccccc2)nc1C(=O)Nc1nc2c(s1)C[C@@H](C)CC2. The Morgan fingerprint density at radius 2 is 2.08 bits per heavy atom. The molecule has 1 aliphatic rings. The summed E-state index contributed by atoms with van der Waals surface area (Å²) >= 11 is 1.57. The molecule has 0 fully saturated rings. The molecule has 5 nitrogen and oxygen atoms in total. The van der Waals surface area contributed by atoms with Gasteiger partial charge in [-0.1, -0.05) is 25.1 Å². The van der Waals surface area contributed by atoms with E-state index in [0.717, 1.165) is 30.5 Å². The van der Waals surface area contributed by atoms with Crippen LogP contribution in [-0.4, -0.2) is 15.9 Å². The number of benzene rings is 1. The maximum absolute atomic E-state index is 12.6. The van der Waals surface area contributed by atoms with E-state index in [4.69, 9.17) is 4.42 Å². The summed E-state index contributed by atoms with van der Waals surface area (Å²) in [5, 5.41) is 3.53. The second kappa shape index (κ2) is 6.44. The Hall–Kier alpha value is -2.47. The van der Waals surface area contributed by atoms with E-state index in [1.807, 2.05) is 30.3 Å². The number of carbonyl (C=O) groups excluding carboxylic acids is 1. The summed E-state index contributed by atoms with van der Waals surface area (Å²) in [6.45, 7) is 4.01. The number of hydrogen-bond acceptors (Lipinski definition) is 5. The lowest BCUT2D eigenvalue weighted by Gasteiger charge is -2.15. The molecule has 0 spiro atoms. The monoisotopic (exact) mass is 353 g/mol. The van der Waals surface area contributed by atoms with Crippen molar-refractivity contribution in [2.75, 3.05) is 5.32 Å². The number of fused-ring (bicyclic) bond motifs is 1. The normalized spacial score (nSPS) is 16.5. The third-order valence-electron chi connectivity index (χ3n) is 4.44. The van der Waals surface area contributed by atoms with E-state index in [1.165, 1.54) is 4.88 Å². The highest BCUT2D eigenvalue weighted by Crippen LogP contribution is 2.32. The molecule has 128 valence electrons. The average molecular weight is 353 g/mol. The molecule has 0 radical (unpaired) electrons. The fourth-order valence-electron chi connectivity index (χ4n) is 3.06. The first kappa shape index (κ1) is 16.0. The van der Waals surface area contributed by atoms with Gasteiger partial charge in [0.1, 0.15) is 5.76 Å². The Morgan fingerprint density at radius 3 is 2.88 bits per heavy atom. The Labute approximate surface area is 150 Å². The van der Waals surface area contributed by atoms with Gasteiger partial charge in [-0.05, 0) is 44.2 Å². The topological polar surface area (TPSA) is 68.0 Å². The minimum Gasteiger partial charge on any atom is -0.441 e. The molecular weight excluding hydrogens is 334 g/mol. The zero-order valence-electron chi connectivity index (χ0n) is 14.2. The van der Waals surface area contributed by atoms with Gasteiger partial charge >= 0.3 is 0 Å². The number of nitrogens with zero attached hydrogens (tertiary/aromatic N) is 2. The maximum Gasteiger partial charge on any atom is 0.279 e. The van der Waals surface area contributed by atoms with Gasteiger partial charge in [-0.15, -0.1) is 11.3 Å². The molecule has 0 unspecified atom stereocenters. The van der Waals surface area contributed by atoms with Crippen LogP contribution in [0, 0.1) is 12.8 Å². The van der Waals surface area contributed by atoms with Gasteiger partial charge in [-0.2, -0.15) is 0 Å². The highest BCUT2D eigenvalue weighted by atomic mass is 32.1. The zero-order chi connectivity index (χ0) is 17.4. The molecule has 1 amide bonds. The lowest BCUT2D eigenvalue weighted by molar-refractivity contribution is 0.102. The van der Waals surface area contributed by atoms with Crippen LogP contribution in [0.3, 0.4) is 0 Å². The predicted molar refractivity (Wildman–Crippen MR) is 97.9 cm³/mol. The van der Waals surface area contributed by atoms with Crippen molar-refractivity contribution >= 4 is 22.4 Å². The standard InChI is InChI=1S/C19H19N3O2S/c1-11-8-9-14-15(10-11)25-19(20-14)22-17(23)16-12(2)24-18(21-16)13-6-4-3-5-7-13/h3-7,11H,8-10H2,1-2H3,(H,20,22,23)/t11-/m0/s1. The molecule has 4 rings (SSSR count). The van der Waals surface area contributed by atoms with Crippen molar-refractivity contribution in [3.63, 3.8) is 0 Å². The molecule has 0 aliphatic heterocycles. The first-order valence-electron chi connectivity index (χ1n) is 8.43. The summed E-state index contributed by atoms with van der Waals surface area (Å²) in [6, 6.07) is 9.56. The summed E-state index contributed by atoms with van der Waals surface area (Å²) in [4.78, 5) is 22.8. The molecule has 0 saturated heterocycles. The van der Waals surface area contributed by atoms with Crippen LogP contribution in [0.25, 0.3) is 11.5 Å². The average Bonchev–Trinajstić information content (AvgIpc) is 3.18. The molecule has 0 saturated carbocycles. The third kappa shape index (κ3) is 3.22. The summed E-state index contributed by atoms with van der Waals surface area (Å²) in [5.41, 5.74) is 2.28. The van der Waals surface area contributed by atoms with E-state index < -0.39 is 0 Å². The van der Waals surface area contributed by atoms with Crippen molar-refractivity contribution in [3.8, 4) is 11.5 Å². The number of thiazole rings is 1. The molecule has 25 heavy (non-hydrogen) atoms. The predicted octanol–water partition coefficient (Wildman–Crippen LogP) is 4.48. The lowest BCUT2D eigenvalue weighted by Crippen LogP contribution is -2.13. The van der Waals surface area contributed by atoms with E-state index in [1.54, 1.807) is 18.3 Å². The minimum atomic E-state index is -0.275. The fraction of sp³-hybridized carbons (Fsp3) is 0.316. The van der Waals surface area contributed by atoms with Crippen molar-refractivity contribution in [2.45, 2.75) is 33.1 Å². The lowest BCUT2D eigenvalue weighted by atomic mass is 9.93. The van der Waals surface area contributed by atoms with Gasteiger partial charge in [0.2, 0.25) is 5.89 Å². The summed E-state index contributed by atoms with van der Waals surface area (Å²) in [6.07, 6.45) is 3.20. The Kier molecular flexibility index (Phi) is 4.13. The number of rotatable bonds is 3. The highest BCUT2D eigenvalue weighted by molar-refractivity contribution is 7.15. The number of oxazole rings is 1. The van der Waals surface area contributed by atoms with Crippen molar-refractivity contribution in [2.24, 2.45) is 5.92 Å². The highest BCUT2D eigenvalue weighted by Gasteiger charge is 2.23. The fourth-order valence-corrected chi connectivity index (χ4v) is 4.23. The minimum absolute atomic E-state index is 0.275. The van der Waals surface area contributed by atoms with Crippen LogP contribution in [0.5, 0.6) is 0 Å². The second-order valence-corrected chi connectivity index (χ2v) is 7.56. The van der Waals surface area contributed by atoms with Crippen molar-refractivity contribution in [3.05, 3.63) is 52.4 Å². The van der Waals surface area contributed by atoms with Crippen LogP contribution in [0.1, 0.15) is 40.2 Å². The number of aryl methyl sites for hydroxylation is 2. The molecule has 3 aromatic rings. The number of anilines is 1. The third-order valence-corrected chi connectivity index (χ3v) is 5.47. The number of nitrogens with one attached hydrogen (secondary N) is 1. The van der Waals surface area contributed by atoms with Gasteiger partial charge in [-0.25, -0.2) is 9.97 Å². The Balaban J connectivity index is 1.55. The number of hydrogen-bond donors (Lipinski definition) is 1. The molecule has 1 atom stereocenters. The van der Waals surface area contributed by atoms with Crippen LogP contribution in [-0.2, 0) is 12.8 Å². The van der Waals surface area contributed by atoms with Crippen molar-refractivity contribution < 1.29 is 9.21 Å². The van der Waals surface area contributed by atoms with Crippen LogP contribution in [0.15, 0.2) is 34.7 Å². The van der Waals surface area contributed by atoms with Crippen LogP contribution >= 0.6 is 11.3 Å². The number of amides is 1. The molecule has 1 N–H and O–H groups in total. The van der Waals surface area contributed by atoms with E-state index in [2.05, 4.69) is 22.2 Å². The first-order valence-corrected chi connectivity index (χ1v) is 9.24. The van der Waals surface area contributed by atoms with Gasteiger partial charge in [0.05, 0.1) is 5.69 Å². The van der Waals surface area contributed by atoms with E-state index in [-0.39, 0.29) is 5.91 Å². The van der Waals surface area contributed by atoms with E-state index in [0.29, 0.717) is 28.4 Å². The Morgan fingerprint density at radius 1 is 1.28 bits per heavy atom. The molecule has 2 aromatic heterocycles. The number of carbonyl (C=O) groups is 1.